The maximum absolute atomic E-state index is 12.7. The van der Waals surface area contributed by atoms with Gasteiger partial charge in [0.25, 0.3) is 0 Å². The number of carbonyl (C=O) groups excluding carboxylic acids is 1. The average Bonchev–Trinajstić information content (AvgIpc) is 3.21. The van der Waals surface area contributed by atoms with Gasteiger partial charge in [-0.3, -0.25) is 14.4 Å². The molecule has 3 rings (SSSR count). The number of methoxy groups -OCH3 is 1. The van der Waals surface area contributed by atoms with E-state index in [2.05, 4.69) is 20.1 Å². The first kappa shape index (κ1) is 19.1. The molecule has 2 aromatic rings. The largest absolute Gasteiger partial charge is 0.383 e. The van der Waals surface area contributed by atoms with E-state index in [1.165, 1.54) is 6.20 Å². The lowest BCUT2D eigenvalue weighted by Crippen LogP contribution is -2.41. The van der Waals surface area contributed by atoms with Crippen molar-refractivity contribution in [2.75, 3.05) is 36.6 Å². The summed E-state index contributed by atoms with van der Waals surface area (Å²) in [7, 11) is -1.78. The second-order valence-electron chi connectivity index (χ2n) is 6.41. The van der Waals surface area contributed by atoms with E-state index in [9.17, 15) is 13.2 Å². The molecular formula is C16H22N6O4S. The van der Waals surface area contributed by atoms with Gasteiger partial charge in [-0.1, -0.05) is 0 Å². The second-order valence-corrected chi connectivity index (χ2v) is 8.15. The molecular weight excluding hydrogens is 372 g/mol. The van der Waals surface area contributed by atoms with Crippen LogP contribution in [0.2, 0.25) is 0 Å². The number of likely N-dealkylation sites (tertiary alicyclic amines) is 1. The number of hydrogen-bond donors (Lipinski definition) is 2. The molecule has 27 heavy (non-hydrogen) atoms. The lowest BCUT2D eigenvalue weighted by molar-refractivity contribution is 0.128. The summed E-state index contributed by atoms with van der Waals surface area (Å²) in [6.07, 6.45) is 8.01. The van der Waals surface area contributed by atoms with E-state index in [-0.39, 0.29) is 18.1 Å². The van der Waals surface area contributed by atoms with Crippen LogP contribution in [0.25, 0.3) is 0 Å². The molecule has 0 aliphatic carbocycles. The van der Waals surface area contributed by atoms with Crippen molar-refractivity contribution in [3.63, 3.8) is 0 Å². The number of nitrogens with one attached hydrogen (secondary N) is 2. The fraction of sp³-hybridized carbons (Fsp3) is 0.438. The zero-order valence-electron chi connectivity index (χ0n) is 15.1. The molecule has 0 spiro atoms. The predicted molar refractivity (Wildman–Crippen MR) is 100.0 cm³/mol. The minimum atomic E-state index is -3.37. The highest BCUT2D eigenvalue weighted by molar-refractivity contribution is 7.92. The molecule has 0 unspecified atom stereocenters. The summed E-state index contributed by atoms with van der Waals surface area (Å²) in [5, 5.41) is 7.06. The first-order valence-electron chi connectivity index (χ1n) is 8.34. The molecule has 11 heteroatoms. The van der Waals surface area contributed by atoms with Gasteiger partial charge in [-0.05, 0) is 18.6 Å². The summed E-state index contributed by atoms with van der Waals surface area (Å²) in [6, 6.07) is 3.07. The minimum absolute atomic E-state index is 0.0834. The van der Waals surface area contributed by atoms with Crippen LogP contribution in [-0.2, 0) is 14.8 Å². The van der Waals surface area contributed by atoms with Crippen LogP contribution in [0.4, 0.5) is 16.2 Å². The summed E-state index contributed by atoms with van der Waals surface area (Å²) < 4.78 is 32.0. The quantitative estimate of drug-likeness (QED) is 0.759. The maximum atomic E-state index is 12.7. The van der Waals surface area contributed by atoms with E-state index in [1.807, 2.05) is 0 Å². The molecule has 1 aliphatic heterocycles. The zero-order valence-corrected chi connectivity index (χ0v) is 15.9. The Morgan fingerprint density at radius 2 is 2.19 bits per heavy atom. The second kappa shape index (κ2) is 7.92. The van der Waals surface area contributed by atoms with Crippen molar-refractivity contribution < 1.29 is 17.9 Å². The van der Waals surface area contributed by atoms with Crippen molar-refractivity contribution >= 4 is 27.4 Å². The highest BCUT2D eigenvalue weighted by Gasteiger charge is 2.36. The average molecular weight is 394 g/mol. The first-order valence-corrected chi connectivity index (χ1v) is 10.2. The van der Waals surface area contributed by atoms with E-state index in [0.717, 1.165) is 6.26 Å². The third-order valence-electron chi connectivity index (χ3n) is 4.20. The van der Waals surface area contributed by atoms with Crippen LogP contribution in [0.1, 0.15) is 12.5 Å². The summed E-state index contributed by atoms with van der Waals surface area (Å²) in [5.74, 6) is 0. The van der Waals surface area contributed by atoms with Crippen LogP contribution in [0, 0.1) is 0 Å². The van der Waals surface area contributed by atoms with Crippen molar-refractivity contribution in [1.29, 1.82) is 0 Å². The number of urea groups is 1. The number of pyridine rings is 1. The van der Waals surface area contributed by atoms with Crippen LogP contribution >= 0.6 is 0 Å². The van der Waals surface area contributed by atoms with Gasteiger partial charge in [-0.25, -0.2) is 13.2 Å². The molecule has 0 aromatic carbocycles. The zero-order chi connectivity index (χ0) is 19.4. The van der Waals surface area contributed by atoms with Gasteiger partial charge in [0.15, 0.2) is 0 Å². The number of carbonyl (C=O) groups is 1. The van der Waals surface area contributed by atoms with Crippen molar-refractivity contribution in [1.82, 2.24) is 19.7 Å². The molecule has 2 N–H and O–H groups in total. The first-order chi connectivity index (χ1) is 12.9. The van der Waals surface area contributed by atoms with Gasteiger partial charge in [0.1, 0.15) is 0 Å². The molecule has 1 fully saturated rings. The van der Waals surface area contributed by atoms with Crippen LogP contribution in [-0.4, -0.2) is 66.7 Å². The van der Waals surface area contributed by atoms with E-state index in [0.29, 0.717) is 30.9 Å². The summed E-state index contributed by atoms with van der Waals surface area (Å²) >= 11 is 0. The van der Waals surface area contributed by atoms with E-state index in [4.69, 9.17) is 4.74 Å². The van der Waals surface area contributed by atoms with Crippen molar-refractivity contribution in [2.24, 2.45) is 0 Å². The van der Waals surface area contributed by atoms with Crippen LogP contribution < -0.4 is 10.0 Å². The van der Waals surface area contributed by atoms with Crippen LogP contribution in [0.15, 0.2) is 36.9 Å². The Kier molecular flexibility index (Phi) is 5.61. The fourth-order valence-electron chi connectivity index (χ4n) is 3.12. The highest BCUT2D eigenvalue weighted by Crippen LogP contribution is 2.28. The number of nitrogens with zero attached hydrogens (tertiary/aromatic N) is 4. The van der Waals surface area contributed by atoms with Gasteiger partial charge in [-0.15, -0.1) is 0 Å². The van der Waals surface area contributed by atoms with Gasteiger partial charge < -0.3 is 15.0 Å². The molecule has 2 aromatic heterocycles. The number of ether oxygens (including phenoxy) is 1. The Morgan fingerprint density at radius 1 is 1.37 bits per heavy atom. The molecule has 3 heterocycles. The van der Waals surface area contributed by atoms with Gasteiger partial charge in [0, 0.05) is 26.0 Å². The lowest BCUT2D eigenvalue weighted by Gasteiger charge is -2.24. The molecule has 0 bridgehead atoms. The lowest BCUT2D eigenvalue weighted by atomic mass is 10.2. The van der Waals surface area contributed by atoms with Gasteiger partial charge in [-0.2, -0.15) is 5.10 Å². The third-order valence-corrected chi connectivity index (χ3v) is 4.81. The predicted octanol–water partition coefficient (Wildman–Crippen LogP) is 1.14. The number of amides is 2. The summed E-state index contributed by atoms with van der Waals surface area (Å²) in [6.45, 7) is 0.826. The number of rotatable bonds is 6. The molecule has 2 amide bonds. The minimum Gasteiger partial charge on any atom is -0.383 e. The van der Waals surface area contributed by atoms with E-state index in [1.54, 1.807) is 47.4 Å². The summed E-state index contributed by atoms with van der Waals surface area (Å²) in [4.78, 5) is 18.4. The highest BCUT2D eigenvalue weighted by atomic mass is 32.2. The molecule has 0 saturated carbocycles. The SMILES string of the molecule is COC[C@@H]1C[C@H](n2cc(NS(C)(=O)=O)cn2)CN1C(=O)Nc1cccnc1. The Morgan fingerprint density at radius 3 is 2.85 bits per heavy atom. The molecule has 1 aliphatic rings. The number of sulfonamides is 1. The van der Waals surface area contributed by atoms with Crippen molar-refractivity contribution in [3.8, 4) is 0 Å². The van der Waals surface area contributed by atoms with E-state index < -0.39 is 10.0 Å². The Bertz CT molecular complexity index is 885. The molecule has 2 atom stereocenters. The maximum Gasteiger partial charge on any atom is 0.322 e. The number of aromatic nitrogens is 3. The molecule has 1 saturated heterocycles. The van der Waals surface area contributed by atoms with Crippen molar-refractivity contribution in [2.45, 2.75) is 18.5 Å². The third kappa shape index (κ3) is 4.95. The van der Waals surface area contributed by atoms with Gasteiger partial charge in [0.2, 0.25) is 10.0 Å². The molecule has 10 nitrogen and oxygen atoms in total. The number of anilines is 2. The van der Waals surface area contributed by atoms with Gasteiger partial charge >= 0.3 is 6.03 Å². The Hall–Kier alpha value is -2.66. The molecule has 146 valence electrons. The van der Waals surface area contributed by atoms with Crippen LogP contribution in [0.5, 0.6) is 0 Å². The summed E-state index contributed by atoms with van der Waals surface area (Å²) in [5.41, 5.74) is 1.000. The topological polar surface area (TPSA) is 118 Å². The van der Waals surface area contributed by atoms with Crippen molar-refractivity contribution in [3.05, 3.63) is 36.9 Å². The standard InChI is InChI=1S/C16H22N6O4S/c1-26-11-15-6-14(22-9-13(8-18-22)20-27(2,24)25)10-21(15)16(23)19-12-4-3-5-17-7-12/h3-5,7-9,14-15,20H,6,10-11H2,1-2H3,(H,19,23)/t14-,15-/m0/s1. The fourth-order valence-corrected chi connectivity index (χ4v) is 3.65. The molecule has 0 radical (unpaired) electrons. The smallest absolute Gasteiger partial charge is 0.322 e. The Labute approximate surface area is 157 Å². The van der Waals surface area contributed by atoms with E-state index >= 15 is 0 Å². The number of hydrogen-bond acceptors (Lipinski definition) is 6. The van der Waals surface area contributed by atoms with Crippen LogP contribution in [0.3, 0.4) is 0 Å². The Balaban J connectivity index is 1.71. The normalized spacial score (nSPS) is 19.9. The monoisotopic (exact) mass is 394 g/mol. The van der Waals surface area contributed by atoms with Gasteiger partial charge in [0.05, 0.1) is 48.7 Å².